The Hall–Kier alpha value is -1.35. The normalized spacial score (nSPS) is 14.4. The Labute approximate surface area is 158 Å². The van der Waals surface area contributed by atoms with Gasteiger partial charge in [-0.15, -0.1) is 12.4 Å². The first-order valence-electron chi connectivity index (χ1n) is 9.18. The Bertz CT molecular complexity index is 573. The van der Waals surface area contributed by atoms with Crippen LogP contribution < -0.4 is 0 Å². The number of nitrogens with zero attached hydrogens (tertiary/aromatic N) is 1. The summed E-state index contributed by atoms with van der Waals surface area (Å²) in [6, 6.07) is 21.4. The molecule has 0 radical (unpaired) electrons. The standard InChI is InChI=1S/C22H29NO.ClH/c1-3-24-22(20-10-6-4-7-11-20,21-12-8-5-9-13-21)16-17-23(2)18-19-14-15-19;/h4-13,19H,3,14-18H2,1-2H3;1H. The van der Waals surface area contributed by atoms with Gasteiger partial charge in [0.2, 0.25) is 0 Å². The Kier molecular flexibility index (Phi) is 7.49. The maximum absolute atomic E-state index is 6.45. The zero-order valence-electron chi connectivity index (χ0n) is 15.4. The maximum atomic E-state index is 6.45. The molecule has 0 unspecified atom stereocenters. The summed E-state index contributed by atoms with van der Waals surface area (Å²) < 4.78 is 6.45. The second-order valence-corrected chi connectivity index (χ2v) is 6.95. The molecule has 1 fully saturated rings. The van der Waals surface area contributed by atoms with Crippen LogP contribution in [0.2, 0.25) is 0 Å². The van der Waals surface area contributed by atoms with Gasteiger partial charge in [0.15, 0.2) is 0 Å². The van der Waals surface area contributed by atoms with E-state index in [1.54, 1.807) is 0 Å². The quantitative estimate of drug-likeness (QED) is 0.616. The molecular formula is C22H30ClNO. The number of ether oxygens (including phenoxy) is 1. The van der Waals surface area contributed by atoms with Crippen LogP contribution in [0.3, 0.4) is 0 Å². The molecule has 2 nitrogen and oxygen atoms in total. The summed E-state index contributed by atoms with van der Waals surface area (Å²) in [6.07, 6.45) is 3.77. The van der Waals surface area contributed by atoms with Crippen LogP contribution in [0.15, 0.2) is 60.7 Å². The molecule has 0 aliphatic heterocycles. The molecule has 2 aromatic rings. The van der Waals surface area contributed by atoms with E-state index < -0.39 is 0 Å². The smallest absolute Gasteiger partial charge is 0.119 e. The predicted molar refractivity (Wildman–Crippen MR) is 107 cm³/mol. The lowest BCUT2D eigenvalue weighted by Crippen LogP contribution is -2.36. The van der Waals surface area contributed by atoms with Crippen LogP contribution in [0, 0.1) is 5.92 Å². The van der Waals surface area contributed by atoms with Crippen molar-refractivity contribution >= 4 is 12.4 Å². The second-order valence-electron chi connectivity index (χ2n) is 6.95. The third kappa shape index (κ3) is 5.07. The lowest BCUT2D eigenvalue weighted by atomic mass is 9.83. The fourth-order valence-corrected chi connectivity index (χ4v) is 3.54. The average molecular weight is 360 g/mol. The van der Waals surface area contributed by atoms with Crippen molar-refractivity contribution in [1.82, 2.24) is 4.90 Å². The molecule has 3 rings (SSSR count). The molecule has 0 aromatic heterocycles. The van der Waals surface area contributed by atoms with E-state index >= 15 is 0 Å². The SMILES string of the molecule is CCOC(CCN(C)CC1CC1)(c1ccccc1)c1ccccc1.Cl. The molecule has 136 valence electrons. The van der Waals surface area contributed by atoms with Gasteiger partial charge in [-0.3, -0.25) is 0 Å². The van der Waals surface area contributed by atoms with Gasteiger partial charge in [-0.2, -0.15) is 0 Å². The molecule has 0 heterocycles. The third-order valence-electron chi connectivity index (χ3n) is 4.98. The lowest BCUT2D eigenvalue weighted by Gasteiger charge is -2.36. The molecular weight excluding hydrogens is 330 g/mol. The molecule has 3 heteroatoms. The number of benzene rings is 2. The minimum Gasteiger partial charge on any atom is -0.366 e. The molecule has 0 atom stereocenters. The molecule has 1 saturated carbocycles. The van der Waals surface area contributed by atoms with Crippen LogP contribution in [-0.4, -0.2) is 31.6 Å². The summed E-state index contributed by atoms with van der Waals surface area (Å²) in [6.45, 7) is 5.05. The number of hydrogen-bond donors (Lipinski definition) is 0. The van der Waals surface area contributed by atoms with Crippen LogP contribution in [0.5, 0.6) is 0 Å². The topological polar surface area (TPSA) is 12.5 Å². The molecule has 2 aromatic carbocycles. The van der Waals surface area contributed by atoms with E-state index in [2.05, 4.69) is 79.5 Å². The van der Waals surface area contributed by atoms with E-state index in [4.69, 9.17) is 4.74 Å². The fraction of sp³-hybridized carbons (Fsp3) is 0.455. The van der Waals surface area contributed by atoms with Crippen LogP contribution in [0.1, 0.15) is 37.3 Å². The molecule has 0 amide bonds. The molecule has 0 N–H and O–H groups in total. The first-order chi connectivity index (χ1) is 11.7. The summed E-state index contributed by atoms with van der Waals surface area (Å²) in [5, 5.41) is 0. The van der Waals surface area contributed by atoms with Crippen molar-refractivity contribution in [1.29, 1.82) is 0 Å². The Morgan fingerprint density at radius 1 is 0.960 bits per heavy atom. The van der Waals surface area contributed by atoms with Crippen molar-refractivity contribution in [3.8, 4) is 0 Å². The Morgan fingerprint density at radius 3 is 1.92 bits per heavy atom. The minimum absolute atomic E-state index is 0. The molecule has 0 bridgehead atoms. The summed E-state index contributed by atoms with van der Waals surface area (Å²) in [4.78, 5) is 2.47. The van der Waals surface area contributed by atoms with Gasteiger partial charge in [0.1, 0.15) is 5.60 Å². The first kappa shape index (κ1) is 20.0. The van der Waals surface area contributed by atoms with Gasteiger partial charge in [0, 0.05) is 19.7 Å². The second kappa shape index (κ2) is 9.38. The van der Waals surface area contributed by atoms with E-state index in [9.17, 15) is 0 Å². The van der Waals surface area contributed by atoms with Gasteiger partial charge in [-0.05, 0) is 50.3 Å². The van der Waals surface area contributed by atoms with E-state index in [0.29, 0.717) is 6.61 Å². The molecule has 1 aliphatic rings. The van der Waals surface area contributed by atoms with Gasteiger partial charge in [0.25, 0.3) is 0 Å². The van der Waals surface area contributed by atoms with Gasteiger partial charge in [-0.1, -0.05) is 60.7 Å². The highest BCUT2D eigenvalue weighted by molar-refractivity contribution is 5.85. The minimum atomic E-state index is -0.366. The molecule has 1 aliphatic carbocycles. The van der Waals surface area contributed by atoms with Gasteiger partial charge < -0.3 is 9.64 Å². The number of hydrogen-bond acceptors (Lipinski definition) is 2. The summed E-state index contributed by atoms with van der Waals surface area (Å²) in [5.41, 5.74) is 2.13. The summed E-state index contributed by atoms with van der Waals surface area (Å²) in [7, 11) is 2.24. The van der Waals surface area contributed by atoms with Crippen LogP contribution in [-0.2, 0) is 10.3 Å². The van der Waals surface area contributed by atoms with Crippen LogP contribution in [0.4, 0.5) is 0 Å². The van der Waals surface area contributed by atoms with Crippen LogP contribution >= 0.6 is 12.4 Å². The molecule has 0 saturated heterocycles. The molecule has 0 spiro atoms. The maximum Gasteiger partial charge on any atom is 0.119 e. The van der Waals surface area contributed by atoms with Crippen molar-refractivity contribution in [2.24, 2.45) is 5.92 Å². The van der Waals surface area contributed by atoms with E-state index in [1.807, 2.05) is 0 Å². The fourth-order valence-electron chi connectivity index (χ4n) is 3.54. The van der Waals surface area contributed by atoms with Crippen molar-refractivity contribution < 1.29 is 4.74 Å². The average Bonchev–Trinajstić information content (AvgIpc) is 3.44. The highest BCUT2D eigenvalue weighted by atomic mass is 35.5. The first-order valence-corrected chi connectivity index (χ1v) is 9.18. The number of rotatable bonds is 9. The predicted octanol–water partition coefficient (Wildman–Crippen LogP) is 5.12. The number of halogens is 1. The monoisotopic (exact) mass is 359 g/mol. The Morgan fingerprint density at radius 2 is 1.48 bits per heavy atom. The van der Waals surface area contributed by atoms with Crippen LogP contribution in [0.25, 0.3) is 0 Å². The summed E-state index contributed by atoms with van der Waals surface area (Å²) in [5.74, 6) is 0.921. The lowest BCUT2D eigenvalue weighted by molar-refractivity contribution is -0.0227. The Balaban J connectivity index is 0.00000225. The van der Waals surface area contributed by atoms with Crippen molar-refractivity contribution in [3.05, 3.63) is 71.8 Å². The van der Waals surface area contributed by atoms with E-state index in [1.165, 1.54) is 30.5 Å². The zero-order chi connectivity index (χ0) is 16.8. The molecule has 25 heavy (non-hydrogen) atoms. The zero-order valence-corrected chi connectivity index (χ0v) is 16.2. The highest BCUT2D eigenvalue weighted by Crippen LogP contribution is 2.37. The van der Waals surface area contributed by atoms with Crippen molar-refractivity contribution in [2.45, 2.75) is 31.8 Å². The largest absolute Gasteiger partial charge is 0.366 e. The van der Waals surface area contributed by atoms with E-state index in [-0.39, 0.29) is 18.0 Å². The summed E-state index contributed by atoms with van der Waals surface area (Å²) >= 11 is 0. The third-order valence-corrected chi connectivity index (χ3v) is 4.98. The highest BCUT2D eigenvalue weighted by Gasteiger charge is 2.35. The van der Waals surface area contributed by atoms with Gasteiger partial charge in [-0.25, -0.2) is 0 Å². The van der Waals surface area contributed by atoms with Crippen molar-refractivity contribution in [2.75, 3.05) is 26.7 Å². The van der Waals surface area contributed by atoms with Crippen molar-refractivity contribution in [3.63, 3.8) is 0 Å². The van der Waals surface area contributed by atoms with Gasteiger partial charge >= 0.3 is 0 Å². The van der Waals surface area contributed by atoms with Gasteiger partial charge in [0.05, 0.1) is 0 Å². The van der Waals surface area contributed by atoms with E-state index in [0.717, 1.165) is 18.9 Å².